The van der Waals surface area contributed by atoms with Crippen LogP contribution in [-0.2, 0) is 19.7 Å². The van der Waals surface area contributed by atoms with Crippen LogP contribution in [0.1, 0.15) is 26.7 Å². The normalized spacial score (nSPS) is 15.8. The fourth-order valence-electron chi connectivity index (χ4n) is 1.44. The Kier molecular flexibility index (Phi) is 5.58. The lowest BCUT2D eigenvalue weighted by molar-refractivity contribution is 0.391. The van der Waals surface area contributed by atoms with Crippen LogP contribution in [0.25, 0.3) is 0 Å². The largest absolute Gasteiger partial charge is 0.271 e. The summed E-state index contributed by atoms with van der Waals surface area (Å²) in [4.78, 5) is 0. The minimum Gasteiger partial charge on any atom is -0.271 e. The number of nitrogens with one attached hydrogen (secondary N) is 1. The molecule has 0 radical (unpaired) electrons. The molecule has 0 bridgehead atoms. The maximum Gasteiger partial charge on any atom is 0.154 e. The van der Waals surface area contributed by atoms with E-state index in [2.05, 4.69) is 5.43 Å². The van der Waals surface area contributed by atoms with Crippen LogP contribution < -0.4 is 11.3 Å². The van der Waals surface area contributed by atoms with Crippen molar-refractivity contribution < 1.29 is 16.8 Å². The van der Waals surface area contributed by atoms with Crippen molar-refractivity contribution in [1.29, 1.82) is 0 Å². The summed E-state index contributed by atoms with van der Waals surface area (Å²) < 4.78 is 44.1. The fourth-order valence-corrected chi connectivity index (χ4v) is 2.83. The van der Waals surface area contributed by atoms with E-state index in [0.717, 1.165) is 12.5 Å². The zero-order valence-electron chi connectivity index (χ0n) is 10.7. The SMILES string of the molecule is CC(C)(C(CCCS(C)(=O)=O)NN)S(C)(=O)=O. The Bertz CT molecular complexity index is 440. The van der Waals surface area contributed by atoms with E-state index in [4.69, 9.17) is 5.84 Å². The first-order valence-electron chi connectivity index (χ1n) is 5.25. The molecule has 0 aliphatic carbocycles. The van der Waals surface area contributed by atoms with Crippen molar-refractivity contribution in [3.8, 4) is 0 Å². The predicted octanol–water partition coefficient (Wildman–Crippen LogP) is -0.534. The van der Waals surface area contributed by atoms with Crippen LogP contribution in [0.4, 0.5) is 0 Å². The molecule has 0 saturated carbocycles. The van der Waals surface area contributed by atoms with Gasteiger partial charge >= 0.3 is 0 Å². The van der Waals surface area contributed by atoms with Gasteiger partial charge in [-0.15, -0.1) is 0 Å². The third-order valence-electron chi connectivity index (χ3n) is 3.00. The summed E-state index contributed by atoms with van der Waals surface area (Å²) in [6.07, 6.45) is 3.07. The topological polar surface area (TPSA) is 106 Å². The zero-order valence-corrected chi connectivity index (χ0v) is 12.4. The highest BCUT2D eigenvalue weighted by atomic mass is 32.2. The van der Waals surface area contributed by atoms with Crippen molar-refractivity contribution in [3.05, 3.63) is 0 Å². The van der Waals surface area contributed by atoms with E-state index in [0.29, 0.717) is 12.8 Å². The second-order valence-corrected chi connectivity index (χ2v) is 9.72. The lowest BCUT2D eigenvalue weighted by Gasteiger charge is -2.32. The monoisotopic (exact) mass is 286 g/mol. The van der Waals surface area contributed by atoms with Crippen LogP contribution in [0.3, 0.4) is 0 Å². The second-order valence-electron chi connectivity index (χ2n) is 4.87. The van der Waals surface area contributed by atoms with Crippen molar-refractivity contribution in [2.24, 2.45) is 5.84 Å². The first-order valence-corrected chi connectivity index (χ1v) is 9.20. The molecule has 0 aliphatic rings. The molecule has 104 valence electrons. The molecular formula is C9H22N2O4S2. The van der Waals surface area contributed by atoms with Crippen molar-refractivity contribution in [1.82, 2.24) is 5.43 Å². The maximum atomic E-state index is 11.6. The minimum absolute atomic E-state index is 0.0328. The van der Waals surface area contributed by atoms with Crippen LogP contribution in [0.15, 0.2) is 0 Å². The van der Waals surface area contributed by atoms with Gasteiger partial charge in [0, 0.05) is 24.3 Å². The van der Waals surface area contributed by atoms with Crippen molar-refractivity contribution >= 4 is 19.7 Å². The summed E-state index contributed by atoms with van der Waals surface area (Å²) in [6.45, 7) is 3.15. The number of sulfone groups is 2. The third-order valence-corrected chi connectivity index (χ3v) is 6.23. The smallest absolute Gasteiger partial charge is 0.154 e. The molecule has 0 fully saturated rings. The Morgan fingerprint density at radius 2 is 1.65 bits per heavy atom. The lowest BCUT2D eigenvalue weighted by atomic mass is 9.99. The van der Waals surface area contributed by atoms with Crippen LogP contribution >= 0.6 is 0 Å². The lowest BCUT2D eigenvalue weighted by Crippen LogP contribution is -2.53. The number of rotatable bonds is 7. The molecule has 8 heteroatoms. The van der Waals surface area contributed by atoms with E-state index >= 15 is 0 Å². The highest BCUT2D eigenvalue weighted by molar-refractivity contribution is 7.92. The van der Waals surface area contributed by atoms with Gasteiger partial charge in [-0.3, -0.25) is 11.3 Å². The molecule has 0 saturated heterocycles. The van der Waals surface area contributed by atoms with Gasteiger partial charge in [0.15, 0.2) is 9.84 Å². The third kappa shape index (κ3) is 5.33. The van der Waals surface area contributed by atoms with E-state index in [1.807, 2.05) is 0 Å². The fraction of sp³-hybridized carbons (Fsp3) is 1.00. The maximum absolute atomic E-state index is 11.6. The summed E-state index contributed by atoms with van der Waals surface area (Å²) in [6, 6.07) is -0.473. The Morgan fingerprint density at radius 1 is 1.18 bits per heavy atom. The van der Waals surface area contributed by atoms with Crippen LogP contribution in [0.5, 0.6) is 0 Å². The molecule has 1 atom stereocenters. The highest BCUT2D eigenvalue weighted by Gasteiger charge is 2.38. The average Bonchev–Trinajstić information content (AvgIpc) is 2.08. The van der Waals surface area contributed by atoms with Gasteiger partial charge in [-0.05, 0) is 26.7 Å². The number of nitrogens with two attached hydrogens (primary N) is 1. The molecule has 0 aliphatic heterocycles. The Labute approximate surface area is 104 Å². The van der Waals surface area contributed by atoms with Crippen LogP contribution in [-0.4, -0.2) is 45.9 Å². The standard InChI is InChI=1S/C9H22N2O4S2/c1-9(2,17(4,14)15)8(11-10)6-5-7-16(3,12)13/h8,11H,5-7,10H2,1-4H3. The van der Waals surface area contributed by atoms with Gasteiger partial charge < -0.3 is 0 Å². The van der Waals surface area contributed by atoms with Gasteiger partial charge in [0.2, 0.25) is 0 Å². The first kappa shape index (κ1) is 16.8. The quantitative estimate of drug-likeness (QED) is 0.481. The molecule has 0 spiro atoms. The number of hydrazine groups is 1. The van der Waals surface area contributed by atoms with E-state index < -0.39 is 30.5 Å². The summed E-state index contributed by atoms with van der Waals surface area (Å²) in [5, 5.41) is 0. The summed E-state index contributed by atoms with van der Waals surface area (Å²) >= 11 is 0. The molecule has 0 rings (SSSR count). The molecule has 6 nitrogen and oxygen atoms in total. The van der Waals surface area contributed by atoms with Gasteiger partial charge in [0.25, 0.3) is 0 Å². The summed E-state index contributed by atoms with van der Waals surface area (Å²) in [7, 11) is -6.30. The number of hydrogen-bond donors (Lipinski definition) is 2. The minimum atomic E-state index is -3.27. The number of hydrogen-bond acceptors (Lipinski definition) is 6. The van der Waals surface area contributed by atoms with Gasteiger partial charge in [-0.25, -0.2) is 16.8 Å². The molecule has 3 N–H and O–H groups in total. The highest BCUT2D eigenvalue weighted by Crippen LogP contribution is 2.23. The molecule has 0 aromatic heterocycles. The Morgan fingerprint density at radius 3 is 1.94 bits per heavy atom. The molecule has 0 heterocycles. The molecule has 17 heavy (non-hydrogen) atoms. The van der Waals surface area contributed by atoms with E-state index in [-0.39, 0.29) is 5.75 Å². The van der Waals surface area contributed by atoms with Gasteiger partial charge in [-0.1, -0.05) is 0 Å². The molecule has 0 aromatic rings. The zero-order chi connectivity index (χ0) is 13.9. The average molecular weight is 286 g/mol. The first-order chi connectivity index (χ1) is 7.42. The predicted molar refractivity (Wildman–Crippen MR) is 69.0 cm³/mol. The van der Waals surface area contributed by atoms with Crippen molar-refractivity contribution in [2.75, 3.05) is 18.3 Å². The Balaban J connectivity index is 4.66. The van der Waals surface area contributed by atoms with Gasteiger partial charge in [0.05, 0.1) is 4.75 Å². The van der Waals surface area contributed by atoms with E-state index in [1.54, 1.807) is 13.8 Å². The van der Waals surface area contributed by atoms with E-state index in [9.17, 15) is 16.8 Å². The second kappa shape index (κ2) is 5.64. The van der Waals surface area contributed by atoms with Crippen LogP contribution in [0, 0.1) is 0 Å². The van der Waals surface area contributed by atoms with Gasteiger partial charge in [-0.2, -0.15) is 0 Å². The van der Waals surface area contributed by atoms with Crippen LogP contribution in [0.2, 0.25) is 0 Å². The molecule has 0 amide bonds. The molecular weight excluding hydrogens is 264 g/mol. The Hall–Kier alpha value is -0.180. The van der Waals surface area contributed by atoms with E-state index in [1.165, 1.54) is 0 Å². The molecule has 1 unspecified atom stereocenters. The summed E-state index contributed by atoms with van der Waals surface area (Å²) in [5.41, 5.74) is 2.46. The van der Waals surface area contributed by atoms with Gasteiger partial charge in [0.1, 0.15) is 9.84 Å². The van der Waals surface area contributed by atoms with Crippen molar-refractivity contribution in [3.63, 3.8) is 0 Å². The summed E-state index contributed by atoms with van der Waals surface area (Å²) in [5.74, 6) is 5.37. The molecule has 0 aromatic carbocycles. The van der Waals surface area contributed by atoms with Crippen molar-refractivity contribution in [2.45, 2.75) is 37.5 Å².